The van der Waals surface area contributed by atoms with Crippen LogP contribution in [0, 0.1) is 17.7 Å². The molecule has 1 unspecified atom stereocenters. The molecule has 1 heterocycles. The fraction of sp³-hybridized carbons (Fsp3) is 0.571. The molecule has 0 aromatic heterocycles. The van der Waals surface area contributed by atoms with Crippen LogP contribution in [0.2, 0.25) is 0 Å². The monoisotopic (exact) mass is 236 g/mol. The second kappa shape index (κ2) is 5.61. The van der Waals surface area contributed by atoms with E-state index in [-0.39, 0.29) is 5.82 Å². The first kappa shape index (κ1) is 12.5. The van der Waals surface area contributed by atoms with Gasteiger partial charge in [0, 0.05) is 18.7 Å². The lowest BCUT2D eigenvalue weighted by atomic mass is 9.88. The zero-order chi connectivity index (χ0) is 12.3. The summed E-state index contributed by atoms with van der Waals surface area (Å²) in [5.41, 5.74) is 0.786. The Morgan fingerprint density at radius 3 is 2.71 bits per heavy atom. The van der Waals surface area contributed by atoms with Crippen molar-refractivity contribution >= 4 is 0 Å². The fourth-order valence-corrected chi connectivity index (χ4v) is 2.34. The van der Waals surface area contributed by atoms with Gasteiger partial charge < -0.3 is 10.2 Å². The van der Waals surface area contributed by atoms with Gasteiger partial charge in [-0.1, -0.05) is 25.1 Å². The van der Waals surface area contributed by atoms with Gasteiger partial charge in [0.1, 0.15) is 5.82 Å². The molecule has 1 atom stereocenters. The van der Waals surface area contributed by atoms with Crippen LogP contribution in [-0.4, -0.2) is 31.6 Å². The third-order valence-corrected chi connectivity index (χ3v) is 3.62. The highest BCUT2D eigenvalue weighted by Crippen LogP contribution is 2.18. The fourth-order valence-electron chi connectivity index (χ4n) is 2.34. The lowest BCUT2D eigenvalue weighted by Crippen LogP contribution is -2.47. The van der Waals surface area contributed by atoms with Crippen molar-refractivity contribution in [3.05, 3.63) is 35.6 Å². The molecule has 2 nitrogen and oxygen atoms in total. The maximum Gasteiger partial charge on any atom is 0.127 e. The summed E-state index contributed by atoms with van der Waals surface area (Å²) >= 11 is 0. The molecule has 0 bridgehead atoms. The van der Waals surface area contributed by atoms with Gasteiger partial charge in [-0.2, -0.15) is 0 Å². The second-order valence-electron chi connectivity index (χ2n) is 5.18. The molecule has 1 aliphatic heterocycles. The van der Waals surface area contributed by atoms with Gasteiger partial charge in [-0.3, -0.25) is 0 Å². The maximum atomic E-state index is 13.5. The van der Waals surface area contributed by atoms with Gasteiger partial charge in [0.25, 0.3) is 0 Å². The molecule has 0 amide bonds. The molecule has 17 heavy (non-hydrogen) atoms. The maximum absolute atomic E-state index is 13.5. The Labute approximate surface area is 103 Å². The van der Waals surface area contributed by atoms with Crippen LogP contribution >= 0.6 is 0 Å². The Balaban J connectivity index is 1.84. The van der Waals surface area contributed by atoms with Crippen molar-refractivity contribution in [2.24, 2.45) is 11.8 Å². The van der Waals surface area contributed by atoms with E-state index in [1.165, 1.54) is 6.07 Å². The van der Waals surface area contributed by atoms with Gasteiger partial charge >= 0.3 is 0 Å². The van der Waals surface area contributed by atoms with E-state index in [4.69, 9.17) is 0 Å². The van der Waals surface area contributed by atoms with Crippen molar-refractivity contribution < 1.29 is 4.39 Å². The topological polar surface area (TPSA) is 15.3 Å². The highest BCUT2D eigenvalue weighted by atomic mass is 19.1. The lowest BCUT2D eigenvalue weighted by molar-refractivity contribution is 0.181. The summed E-state index contributed by atoms with van der Waals surface area (Å²) in [7, 11) is 2.06. The minimum atomic E-state index is -0.0997. The van der Waals surface area contributed by atoms with Crippen LogP contribution in [0.4, 0.5) is 4.39 Å². The molecule has 0 saturated carbocycles. The molecule has 1 aliphatic rings. The molecule has 0 radical (unpaired) electrons. The van der Waals surface area contributed by atoms with Crippen LogP contribution in [0.1, 0.15) is 12.5 Å². The van der Waals surface area contributed by atoms with Gasteiger partial charge in [-0.25, -0.2) is 4.39 Å². The van der Waals surface area contributed by atoms with Crippen molar-refractivity contribution in [2.75, 3.05) is 26.7 Å². The van der Waals surface area contributed by atoms with E-state index in [1.807, 2.05) is 12.1 Å². The normalized spacial score (nSPS) is 18.1. The number of nitrogens with one attached hydrogen (secondary N) is 1. The summed E-state index contributed by atoms with van der Waals surface area (Å²) < 4.78 is 13.5. The van der Waals surface area contributed by atoms with Gasteiger partial charge in [0.15, 0.2) is 0 Å². The van der Waals surface area contributed by atoms with E-state index >= 15 is 0 Å². The van der Waals surface area contributed by atoms with Crippen molar-refractivity contribution in [3.63, 3.8) is 0 Å². The SMILES string of the molecule is CC(CN(C)Cc1ccccc1F)C1CNC1. The van der Waals surface area contributed by atoms with Crippen LogP contribution < -0.4 is 5.32 Å². The first-order valence-electron chi connectivity index (χ1n) is 6.29. The van der Waals surface area contributed by atoms with Crippen LogP contribution in [0.15, 0.2) is 24.3 Å². The third-order valence-electron chi connectivity index (χ3n) is 3.62. The van der Waals surface area contributed by atoms with E-state index in [0.717, 1.165) is 31.1 Å². The molecule has 1 N–H and O–H groups in total. The van der Waals surface area contributed by atoms with E-state index in [2.05, 4.69) is 24.2 Å². The Kier molecular flexibility index (Phi) is 4.13. The Bertz CT molecular complexity index is 363. The Hall–Kier alpha value is -0.930. The number of halogens is 1. The Morgan fingerprint density at radius 2 is 2.12 bits per heavy atom. The average molecular weight is 236 g/mol. The van der Waals surface area contributed by atoms with E-state index in [0.29, 0.717) is 12.5 Å². The van der Waals surface area contributed by atoms with E-state index in [9.17, 15) is 4.39 Å². The predicted molar refractivity (Wildman–Crippen MR) is 68.3 cm³/mol. The van der Waals surface area contributed by atoms with Crippen molar-refractivity contribution in [1.29, 1.82) is 0 Å². The van der Waals surface area contributed by atoms with Crippen LogP contribution in [-0.2, 0) is 6.54 Å². The highest BCUT2D eigenvalue weighted by Gasteiger charge is 2.24. The number of nitrogens with zero attached hydrogens (tertiary/aromatic N) is 1. The van der Waals surface area contributed by atoms with Gasteiger partial charge in [0.05, 0.1) is 0 Å². The molecule has 1 aromatic carbocycles. The van der Waals surface area contributed by atoms with Gasteiger partial charge in [-0.05, 0) is 38.0 Å². The second-order valence-corrected chi connectivity index (χ2v) is 5.18. The summed E-state index contributed by atoms with van der Waals surface area (Å²) in [6.07, 6.45) is 0. The molecule has 0 aliphatic carbocycles. The zero-order valence-electron chi connectivity index (χ0n) is 10.6. The zero-order valence-corrected chi connectivity index (χ0v) is 10.6. The molecule has 1 fully saturated rings. The molecular formula is C14H21FN2. The minimum Gasteiger partial charge on any atom is -0.316 e. The lowest BCUT2D eigenvalue weighted by Gasteiger charge is -2.34. The molecule has 94 valence electrons. The summed E-state index contributed by atoms with van der Waals surface area (Å²) in [6, 6.07) is 7.02. The standard InChI is InChI=1S/C14H21FN2/c1-11(13-7-16-8-13)9-17(2)10-12-5-3-4-6-14(12)15/h3-6,11,13,16H,7-10H2,1-2H3. The molecular weight excluding hydrogens is 215 g/mol. The summed E-state index contributed by atoms with van der Waals surface area (Å²) in [4.78, 5) is 2.21. The van der Waals surface area contributed by atoms with Crippen LogP contribution in [0.25, 0.3) is 0 Å². The first-order chi connectivity index (χ1) is 8.16. The number of rotatable bonds is 5. The highest BCUT2D eigenvalue weighted by molar-refractivity contribution is 5.16. The molecule has 2 rings (SSSR count). The van der Waals surface area contributed by atoms with Crippen LogP contribution in [0.3, 0.4) is 0 Å². The number of hydrogen-bond donors (Lipinski definition) is 1. The smallest absolute Gasteiger partial charge is 0.127 e. The van der Waals surface area contributed by atoms with Crippen molar-refractivity contribution in [1.82, 2.24) is 10.2 Å². The summed E-state index contributed by atoms with van der Waals surface area (Å²) in [5, 5.41) is 3.30. The largest absolute Gasteiger partial charge is 0.316 e. The third kappa shape index (κ3) is 3.27. The van der Waals surface area contributed by atoms with Crippen molar-refractivity contribution in [3.8, 4) is 0 Å². The van der Waals surface area contributed by atoms with E-state index in [1.54, 1.807) is 6.07 Å². The molecule has 1 aromatic rings. The summed E-state index contributed by atoms with van der Waals surface area (Å²) in [5.74, 6) is 1.36. The summed E-state index contributed by atoms with van der Waals surface area (Å²) in [6.45, 7) is 6.27. The predicted octanol–water partition coefficient (Wildman–Crippen LogP) is 2.11. The van der Waals surface area contributed by atoms with Crippen LogP contribution in [0.5, 0.6) is 0 Å². The number of benzene rings is 1. The van der Waals surface area contributed by atoms with Crippen molar-refractivity contribution in [2.45, 2.75) is 13.5 Å². The Morgan fingerprint density at radius 1 is 1.41 bits per heavy atom. The quantitative estimate of drug-likeness (QED) is 0.842. The van der Waals surface area contributed by atoms with E-state index < -0.39 is 0 Å². The number of hydrogen-bond acceptors (Lipinski definition) is 2. The van der Waals surface area contributed by atoms with Gasteiger partial charge in [-0.15, -0.1) is 0 Å². The minimum absolute atomic E-state index is 0.0997. The molecule has 1 saturated heterocycles. The molecule has 3 heteroatoms. The molecule has 0 spiro atoms. The average Bonchev–Trinajstić information content (AvgIpc) is 2.18. The first-order valence-corrected chi connectivity index (χ1v) is 6.29. The van der Waals surface area contributed by atoms with Gasteiger partial charge in [0.2, 0.25) is 0 Å².